The van der Waals surface area contributed by atoms with Crippen LogP contribution in [0, 0.1) is 0 Å². The van der Waals surface area contributed by atoms with Gasteiger partial charge in [0.25, 0.3) is 0 Å². The Balaban J connectivity index is 0.00000243. The van der Waals surface area contributed by atoms with Crippen LogP contribution >= 0.6 is 12.4 Å². The highest BCUT2D eigenvalue weighted by Crippen LogP contribution is 2.32. The summed E-state index contributed by atoms with van der Waals surface area (Å²) in [5.41, 5.74) is 6.29. The van der Waals surface area contributed by atoms with Crippen molar-refractivity contribution in [1.29, 1.82) is 0 Å². The smallest absolute Gasteiger partial charge is 0.315 e. The first-order valence-electron chi connectivity index (χ1n) is 9.24. The predicted octanol–water partition coefficient (Wildman–Crippen LogP) is 2.17. The van der Waals surface area contributed by atoms with E-state index in [9.17, 15) is 9.59 Å². The highest BCUT2D eigenvalue weighted by molar-refractivity contribution is 5.91. The van der Waals surface area contributed by atoms with Crippen molar-refractivity contribution in [2.45, 2.75) is 56.7 Å². The number of rotatable bonds is 4. The number of hydrogen-bond acceptors (Lipinski definition) is 3. The number of carbonyl (C=O) groups excluding carboxylic acids is 2. The number of nitrogens with one attached hydrogen (secondary N) is 2. The molecule has 1 atom stereocenters. The third-order valence-corrected chi connectivity index (χ3v) is 5.26. The molecule has 26 heavy (non-hydrogen) atoms. The molecule has 1 aliphatic carbocycles. The van der Waals surface area contributed by atoms with E-state index in [1.807, 2.05) is 35.2 Å². The van der Waals surface area contributed by atoms with Crippen LogP contribution in [-0.2, 0) is 11.3 Å². The topological polar surface area (TPSA) is 87.5 Å². The zero-order valence-electron chi connectivity index (χ0n) is 15.1. The van der Waals surface area contributed by atoms with Crippen molar-refractivity contribution in [1.82, 2.24) is 15.5 Å². The molecule has 1 aromatic rings. The zero-order valence-corrected chi connectivity index (χ0v) is 15.9. The zero-order chi connectivity index (χ0) is 17.7. The summed E-state index contributed by atoms with van der Waals surface area (Å²) in [6.45, 7) is 1.78. The van der Waals surface area contributed by atoms with Gasteiger partial charge in [0, 0.05) is 25.7 Å². The highest BCUT2D eigenvalue weighted by atomic mass is 35.5. The van der Waals surface area contributed by atoms with Gasteiger partial charge in [0.1, 0.15) is 5.54 Å². The minimum Gasteiger partial charge on any atom is -0.339 e. The summed E-state index contributed by atoms with van der Waals surface area (Å²) in [5.74, 6) is 0.0370. The van der Waals surface area contributed by atoms with Crippen LogP contribution in [0.1, 0.15) is 44.1 Å². The van der Waals surface area contributed by atoms with E-state index in [0.717, 1.165) is 37.8 Å². The lowest BCUT2D eigenvalue weighted by molar-refractivity contribution is -0.139. The molecule has 0 radical (unpaired) electrons. The number of benzene rings is 1. The summed E-state index contributed by atoms with van der Waals surface area (Å²) in [4.78, 5) is 27.4. The Hall–Kier alpha value is -1.79. The molecule has 0 bridgehead atoms. The largest absolute Gasteiger partial charge is 0.339 e. The van der Waals surface area contributed by atoms with Crippen molar-refractivity contribution in [3.63, 3.8) is 0 Å². The maximum Gasteiger partial charge on any atom is 0.315 e. The van der Waals surface area contributed by atoms with Gasteiger partial charge in [0.2, 0.25) is 5.91 Å². The van der Waals surface area contributed by atoms with E-state index in [-0.39, 0.29) is 30.4 Å². The van der Waals surface area contributed by atoms with Crippen LogP contribution in [0.2, 0.25) is 0 Å². The number of nitrogens with zero attached hydrogens (tertiary/aromatic N) is 1. The van der Waals surface area contributed by atoms with Crippen LogP contribution in [0.25, 0.3) is 0 Å². The quantitative estimate of drug-likeness (QED) is 0.748. The van der Waals surface area contributed by atoms with E-state index >= 15 is 0 Å². The number of hydrogen-bond donors (Lipinski definition) is 3. The Kier molecular flexibility index (Phi) is 7.29. The monoisotopic (exact) mass is 380 g/mol. The van der Waals surface area contributed by atoms with Gasteiger partial charge in [-0.2, -0.15) is 0 Å². The predicted molar refractivity (Wildman–Crippen MR) is 104 cm³/mol. The van der Waals surface area contributed by atoms with Crippen LogP contribution in [0.15, 0.2) is 30.3 Å². The van der Waals surface area contributed by atoms with E-state index in [1.54, 1.807) is 0 Å². The SMILES string of the molecule is Cl.NC1CCCN(C(=O)C2(NC(=O)NCc3ccccc3)CCCC2)C1. The van der Waals surface area contributed by atoms with Gasteiger partial charge in [-0.05, 0) is 31.2 Å². The van der Waals surface area contributed by atoms with E-state index < -0.39 is 5.54 Å². The maximum absolute atomic E-state index is 13.1. The molecule has 2 aliphatic rings. The van der Waals surface area contributed by atoms with Gasteiger partial charge in [0.15, 0.2) is 0 Å². The molecule has 1 unspecified atom stereocenters. The first-order chi connectivity index (χ1) is 12.1. The minimum atomic E-state index is -0.766. The van der Waals surface area contributed by atoms with Gasteiger partial charge < -0.3 is 21.3 Å². The normalized spacial score (nSPS) is 21.6. The Labute approximate surface area is 161 Å². The van der Waals surface area contributed by atoms with Crippen molar-refractivity contribution in [2.24, 2.45) is 5.73 Å². The second-order valence-electron chi connectivity index (χ2n) is 7.24. The second kappa shape index (κ2) is 9.24. The Morgan fingerprint density at radius 3 is 2.50 bits per heavy atom. The van der Waals surface area contributed by atoms with Crippen molar-refractivity contribution >= 4 is 24.3 Å². The molecular weight excluding hydrogens is 352 g/mol. The van der Waals surface area contributed by atoms with Crippen LogP contribution < -0.4 is 16.4 Å². The number of piperidine rings is 1. The van der Waals surface area contributed by atoms with Crippen molar-refractivity contribution < 1.29 is 9.59 Å². The molecule has 0 spiro atoms. The number of urea groups is 1. The molecule has 6 nitrogen and oxygen atoms in total. The van der Waals surface area contributed by atoms with E-state index in [1.165, 1.54) is 0 Å². The average Bonchev–Trinajstić information content (AvgIpc) is 3.10. The fourth-order valence-electron chi connectivity index (χ4n) is 3.91. The van der Waals surface area contributed by atoms with Crippen molar-refractivity contribution in [3.05, 3.63) is 35.9 Å². The molecule has 1 heterocycles. The molecule has 4 N–H and O–H groups in total. The molecule has 1 saturated carbocycles. The first-order valence-corrected chi connectivity index (χ1v) is 9.24. The lowest BCUT2D eigenvalue weighted by atomic mass is 9.93. The average molecular weight is 381 g/mol. The number of amides is 3. The van der Waals surface area contributed by atoms with Crippen LogP contribution in [-0.4, -0.2) is 41.5 Å². The highest BCUT2D eigenvalue weighted by Gasteiger charge is 2.45. The Bertz CT molecular complexity index is 605. The Morgan fingerprint density at radius 1 is 1.15 bits per heavy atom. The molecule has 7 heteroatoms. The number of carbonyl (C=O) groups is 2. The molecule has 0 aromatic heterocycles. The lowest BCUT2D eigenvalue weighted by Crippen LogP contribution is -2.62. The van der Waals surface area contributed by atoms with Crippen LogP contribution in [0.3, 0.4) is 0 Å². The molecule has 3 amide bonds. The van der Waals surface area contributed by atoms with Crippen LogP contribution in [0.4, 0.5) is 4.79 Å². The van der Waals surface area contributed by atoms with Crippen molar-refractivity contribution in [2.75, 3.05) is 13.1 Å². The third-order valence-electron chi connectivity index (χ3n) is 5.26. The van der Waals surface area contributed by atoms with Crippen molar-refractivity contribution in [3.8, 4) is 0 Å². The van der Waals surface area contributed by atoms with Gasteiger partial charge in [-0.1, -0.05) is 43.2 Å². The summed E-state index contributed by atoms with van der Waals surface area (Å²) >= 11 is 0. The number of likely N-dealkylation sites (tertiary alicyclic amines) is 1. The summed E-state index contributed by atoms with van der Waals surface area (Å²) in [6.07, 6.45) is 5.23. The fraction of sp³-hybridized carbons (Fsp3) is 0.579. The maximum atomic E-state index is 13.1. The number of nitrogens with two attached hydrogens (primary N) is 1. The second-order valence-corrected chi connectivity index (χ2v) is 7.24. The molecular formula is C19H29ClN4O2. The van der Waals surface area contributed by atoms with Gasteiger partial charge >= 0.3 is 6.03 Å². The summed E-state index contributed by atoms with van der Waals surface area (Å²) < 4.78 is 0. The summed E-state index contributed by atoms with van der Waals surface area (Å²) in [5, 5.41) is 5.86. The molecule has 1 saturated heterocycles. The standard InChI is InChI=1S/C19H28N4O2.ClH/c20-16-9-6-12-23(14-16)17(24)19(10-4-5-11-19)22-18(25)21-13-15-7-2-1-3-8-15;/h1-3,7-8,16H,4-6,9-14,20H2,(H2,21,22,25);1H. The molecule has 1 aliphatic heterocycles. The molecule has 1 aromatic carbocycles. The fourth-order valence-corrected chi connectivity index (χ4v) is 3.91. The van der Waals surface area contributed by atoms with Gasteiger partial charge in [-0.3, -0.25) is 4.79 Å². The Morgan fingerprint density at radius 2 is 1.85 bits per heavy atom. The lowest BCUT2D eigenvalue weighted by Gasteiger charge is -2.38. The van der Waals surface area contributed by atoms with Gasteiger partial charge in [-0.15, -0.1) is 12.4 Å². The van der Waals surface area contributed by atoms with Gasteiger partial charge in [-0.25, -0.2) is 4.79 Å². The summed E-state index contributed by atoms with van der Waals surface area (Å²) in [7, 11) is 0. The summed E-state index contributed by atoms with van der Waals surface area (Å²) in [6, 6.07) is 9.52. The first kappa shape index (κ1) is 20.5. The van der Waals surface area contributed by atoms with E-state index in [2.05, 4.69) is 10.6 Å². The molecule has 144 valence electrons. The van der Waals surface area contributed by atoms with Gasteiger partial charge in [0.05, 0.1) is 0 Å². The number of halogens is 1. The van der Waals surface area contributed by atoms with E-state index in [4.69, 9.17) is 5.73 Å². The van der Waals surface area contributed by atoms with E-state index in [0.29, 0.717) is 25.9 Å². The molecule has 2 fully saturated rings. The molecule has 3 rings (SSSR count). The minimum absolute atomic E-state index is 0. The van der Waals surface area contributed by atoms with Crippen LogP contribution in [0.5, 0.6) is 0 Å². The third kappa shape index (κ3) is 4.89.